The van der Waals surface area contributed by atoms with Gasteiger partial charge in [-0.1, -0.05) is 30.3 Å². The zero-order valence-corrected chi connectivity index (χ0v) is 16.3. The third-order valence-corrected chi connectivity index (χ3v) is 3.33. The standard InChI is InChI=1S/C16H28N4O.HI/c1-13(12-21-4)19-16(17)18-11-15(20(2)3)10-14-8-6-5-7-9-14;/h5-9,13,15H,10-12H2,1-4H3,(H3,17,18,19);1H. The molecule has 2 atom stereocenters. The van der Waals surface area contributed by atoms with E-state index in [9.17, 15) is 0 Å². The molecule has 0 aliphatic carbocycles. The third kappa shape index (κ3) is 8.55. The van der Waals surface area contributed by atoms with Gasteiger partial charge in [-0.15, -0.1) is 24.0 Å². The summed E-state index contributed by atoms with van der Waals surface area (Å²) in [6, 6.07) is 10.9. The maximum atomic E-state index is 5.91. The minimum absolute atomic E-state index is 0. The minimum Gasteiger partial charge on any atom is -0.383 e. The van der Waals surface area contributed by atoms with Crippen molar-refractivity contribution in [2.45, 2.75) is 25.4 Å². The second kappa shape index (κ2) is 11.7. The van der Waals surface area contributed by atoms with Crippen LogP contribution >= 0.6 is 24.0 Å². The summed E-state index contributed by atoms with van der Waals surface area (Å²) in [5, 5.41) is 3.12. The number of nitrogens with one attached hydrogen (secondary N) is 1. The number of benzene rings is 1. The summed E-state index contributed by atoms with van der Waals surface area (Å²) in [7, 11) is 5.81. The molecule has 0 heterocycles. The molecule has 0 spiro atoms. The maximum Gasteiger partial charge on any atom is 0.188 e. The van der Waals surface area contributed by atoms with E-state index in [1.165, 1.54) is 5.56 Å². The minimum atomic E-state index is 0. The van der Waals surface area contributed by atoms with E-state index >= 15 is 0 Å². The summed E-state index contributed by atoms with van der Waals surface area (Å²) in [6.07, 6.45) is 0.957. The Morgan fingerprint density at radius 2 is 1.95 bits per heavy atom. The Morgan fingerprint density at radius 1 is 1.32 bits per heavy atom. The molecule has 0 aliphatic rings. The molecule has 1 rings (SSSR count). The van der Waals surface area contributed by atoms with Gasteiger partial charge >= 0.3 is 0 Å². The van der Waals surface area contributed by atoms with Gasteiger partial charge in [-0.25, -0.2) is 0 Å². The zero-order chi connectivity index (χ0) is 15.7. The van der Waals surface area contributed by atoms with Crippen molar-refractivity contribution >= 4 is 29.9 Å². The predicted octanol–water partition coefficient (Wildman–Crippen LogP) is 1.72. The van der Waals surface area contributed by atoms with E-state index < -0.39 is 0 Å². The fraction of sp³-hybridized carbons (Fsp3) is 0.562. The Hall–Kier alpha value is -0.860. The summed E-state index contributed by atoms with van der Waals surface area (Å²) in [4.78, 5) is 6.63. The van der Waals surface area contributed by atoms with Crippen LogP contribution < -0.4 is 11.1 Å². The number of nitrogens with two attached hydrogens (primary N) is 1. The number of hydrogen-bond acceptors (Lipinski definition) is 3. The highest BCUT2D eigenvalue weighted by atomic mass is 127. The number of aliphatic imine (C=N–C) groups is 1. The van der Waals surface area contributed by atoms with E-state index in [1.807, 2.05) is 13.0 Å². The lowest BCUT2D eigenvalue weighted by molar-refractivity contribution is 0.179. The first kappa shape index (κ1) is 21.1. The molecule has 3 N–H and O–H groups in total. The highest BCUT2D eigenvalue weighted by molar-refractivity contribution is 14.0. The normalized spacial score (nSPS) is 14.3. The van der Waals surface area contributed by atoms with Gasteiger partial charge in [0.05, 0.1) is 13.2 Å². The number of rotatable bonds is 8. The van der Waals surface area contributed by atoms with Crippen molar-refractivity contribution in [3.8, 4) is 0 Å². The van der Waals surface area contributed by atoms with E-state index in [4.69, 9.17) is 10.5 Å². The molecule has 0 saturated heterocycles. The average Bonchev–Trinajstić information content (AvgIpc) is 2.44. The molecule has 0 amide bonds. The first-order chi connectivity index (χ1) is 10.0. The SMILES string of the molecule is COCC(C)NC(N)=NCC(Cc1ccccc1)N(C)C.I. The van der Waals surface area contributed by atoms with Crippen LogP contribution in [0.4, 0.5) is 0 Å². The van der Waals surface area contributed by atoms with Gasteiger partial charge in [0.2, 0.25) is 0 Å². The summed E-state index contributed by atoms with van der Waals surface area (Å²) < 4.78 is 5.07. The van der Waals surface area contributed by atoms with E-state index in [0.29, 0.717) is 25.2 Å². The smallest absolute Gasteiger partial charge is 0.188 e. The molecule has 22 heavy (non-hydrogen) atoms. The van der Waals surface area contributed by atoms with Crippen molar-refractivity contribution in [2.75, 3.05) is 34.4 Å². The molecule has 0 saturated carbocycles. The fourth-order valence-electron chi connectivity index (χ4n) is 2.09. The molecule has 1 aromatic carbocycles. The van der Waals surface area contributed by atoms with Gasteiger partial charge in [0, 0.05) is 19.2 Å². The Labute approximate surface area is 151 Å². The van der Waals surface area contributed by atoms with E-state index in [-0.39, 0.29) is 30.0 Å². The van der Waals surface area contributed by atoms with Crippen LogP contribution in [-0.4, -0.2) is 57.3 Å². The summed E-state index contributed by atoms with van der Waals surface area (Å²) >= 11 is 0. The molecule has 0 bridgehead atoms. The molecule has 0 fully saturated rings. The lowest BCUT2D eigenvalue weighted by atomic mass is 10.1. The lowest BCUT2D eigenvalue weighted by Gasteiger charge is -2.23. The Bertz CT molecular complexity index is 425. The number of likely N-dealkylation sites (N-methyl/N-ethyl adjacent to an activating group) is 1. The third-order valence-electron chi connectivity index (χ3n) is 3.33. The van der Waals surface area contributed by atoms with Gasteiger partial charge in [-0.3, -0.25) is 4.99 Å². The highest BCUT2D eigenvalue weighted by Crippen LogP contribution is 2.07. The molecule has 126 valence electrons. The first-order valence-corrected chi connectivity index (χ1v) is 7.28. The van der Waals surface area contributed by atoms with Crippen molar-refractivity contribution in [3.05, 3.63) is 35.9 Å². The second-order valence-corrected chi connectivity index (χ2v) is 5.53. The van der Waals surface area contributed by atoms with E-state index in [2.05, 4.69) is 53.6 Å². The highest BCUT2D eigenvalue weighted by Gasteiger charge is 2.12. The first-order valence-electron chi connectivity index (χ1n) is 7.28. The van der Waals surface area contributed by atoms with Crippen molar-refractivity contribution in [1.29, 1.82) is 0 Å². The van der Waals surface area contributed by atoms with Crippen LogP contribution in [0.2, 0.25) is 0 Å². The zero-order valence-electron chi connectivity index (χ0n) is 14.0. The average molecular weight is 420 g/mol. The molecule has 5 nitrogen and oxygen atoms in total. The molecule has 6 heteroatoms. The van der Waals surface area contributed by atoms with Crippen molar-refractivity contribution in [1.82, 2.24) is 10.2 Å². The summed E-state index contributed by atoms with van der Waals surface area (Å²) in [5.74, 6) is 0.472. The summed E-state index contributed by atoms with van der Waals surface area (Å²) in [5.41, 5.74) is 7.22. The molecule has 1 aromatic rings. The Kier molecular flexibility index (Phi) is 11.2. The fourth-order valence-corrected chi connectivity index (χ4v) is 2.09. The summed E-state index contributed by atoms with van der Waals surface area (Å²) in [6.45, 7) is 3.29. The van der Waals surface area contributed by atoms with E-state index in [0.717, 1.165) is 6.42 Å². The molecule has 0 aliphatic heterocycles. The molecule has 0 aromatic heterocycles. The van der Waals surface area contributed by atoms with Crippen LogP contribution in [0.5, 0.6) is 0 Å². The van der Waals surface area contributed by atoms with Crippen molar-refractivity contribution < 1.29 is 4.74 Å². The molecule has 2 unspecified atom stereocenters. The number of guanidine groups is 1. The Morgan fingerprint density at radius 3 is 2.50 bits per heavy atom. The number of nitrogens with zero attached hydrogens (tertiary/aromatic N) is 2. The van der Waals surface area contributed by atoms with Crippen molar-refractivity contribution in [2.24, 2.45) is 10.7 Å². The van der Waals surface area contributed by atoms with E-state index in [1.54, 1.807) is 7.11 Å². The topological polar surface area (TPSA) is 62.9 Å². The molecule has 0 radical (unpaired) electrons. The number of methoxy groups -OCH3 is 1. The largest absolute Gasteiger partial charge is 0.383 e. The number of halogens is 1. The van der Waals surface area contributed by atoms with Gasteiger partial charge in [0.25, 0.3) is 0 Å². The maximum absolute atomic E-state index is 5.91. The second-order valence-electron chi connectivity index (χ2n) is 5.53. The number of ether oxygens (including phenoxy) is 1. The van der Waals surface area contributed by atoms with Gasteiger partial charge < -0.3 is 20.7 Å². The van der Waals surface area contributed by atoms with Gasteiger partial charge in [-0.05, 0) is 33.0 Å². The molecular formula is C16H29IN4O. The predicted molar refractivity (Wildman–Crippen MR) is 104 cm³/mol. The van der Waals surface area contributed by atoms with Crippen LogP contribution in [0.15, 0.2) is 35.3 Å². The quantitative estimate of drug-likeness (QED) is 0.382. The van der Waals surface area contributed by atoms with Crippen LogP contribution in [0.3, 0.4) is 0 Å². The lowest BCUT2D eigenvalue weighted by Crippen LogP contribution is -2.42. The van der Waals surface area contributed by atoms with Crippen LogP contribution in [0.25, 0.3) is 0 Å². The van der Waals surface area contributed by atoms with Gasteiger partial charge in [0.1, 0.15) is 0 Å². The van der Waals surface area contributed by atoms with Crippen LogP contribution in [-0.2, 0) is 11.2 Å². The van der Waals surface area contributed by atoms with Crippen LogP contribution in [0, 0.1) is 0 Å². The van der Waals surface area contributed by atoms with Gasteiger partial charge in [-0.2, -0.15) is 0 Å². The van der Waals surface area contributed by atoms with Crippen molar-refractivity contribution in [3.63, 3.8) is 0 Å². The van der Waals surface area contributed by atoms with Gasteiger partial charge in [0.15, 0.2) is 5.96 Å². The monoisotopic (exact) mass is 420 g/mol. The number of hydrogen-bond donors (Lipinski definition) is 2. The van der Waals surface area contributed by atoms with Crippen LogP contribution in [0.1, 0.15) is 12.5 Å². The molecular weight excluding hydrogens is 391 g/mol. The Balaban J connectivity index is 0.00000441.